The first-order chi connectivity index (χ1) is 9.85. The van der Waals surface area contributed by atoms with Gasteiger partial charge in [0.05, 0.1) is 5.54 Å². The number of carbonyl (C=O) groups is 2. The minimum Gasteiger partial charge on any atom is -0.484 e. The monoisotopic (exact) mass is 293 g/mol. The lowest BCUT2D eigenvalue weighted by atomic mass is 9.96. The summed E-state index contributed by atoms with van der Waals surface area (Å²) < 4.78 is 5.21. The van der Waals surface area contributed by atoms with Gasteiger partial charge in [-0.25, -0.2) is 0 Å². The van der Waals surface area contributed by atoms with Crippen LogP contribution in [0.5, 0.6) is 5.75 Å². The molecule has 1 aromatic carbocycles. The number of nitrogens with two attached hydrogens (primary N) is 2. The summed E-state index contributed by atoms with van der Waals surface area (Å²) in [4.78, 5) is 22.7. The standard InChI is InChI=1S/C15H23N3O3/c1-3-7-15(2,17)14(20)18-9-11-5-4-6-12(8-11)21-10-13(16)19/h4-6,8H,3,7,9-10,17H2,1-2H3,(H2,16,19)(H,18,20). The Balaban J connectivity index is 2.57. The number of primary amides is 1. The normalized spacial score (nSPS) is 13.3. The highest BCUT2D eigenvalue weighted by atomic mass is 16.5. The zero-order valence-electron chi connectivity index (χ0n) is 12.5. The van der Waals surface area contributed by atoms with Gasteiger partial charge in [0.25, 0.3) is 5.91 Å². The molecule has 5 N–H and O–H groups in total. The number of carbonyl (C=O) groups excluding carboxylic acids is 2. The maximum absolute atomic E-state index is 12.0. The van der Waals surface area contributed by atoms with Crippen molar-refractivity contribution in [2.75, 3.05) is 6.61 Å². The number of rotatable bonds is 8. The predicted octanol–water partition coefficient (Wildman–Crippen LogP) is 0.684. The number of hydrogen-bond donors (Lipinski definition) is 3. The Hall–Kier alpha value is -2.08. The molecule has 21 heavy (non-hydrogen) atoms. The molecule has 0 aromatic heterocycles. The second kappa shape index (κ2) is 7.64. The van der Waals surface area contributed by atoms with Crippen LogP contribution in [0, 0.1) is 0 Å². The second-order valence-corrected chi connectivity index (χ2v) is 5.25. The summed E-state index contributed by atoms with van der Waals surface area (Å²) >= 11 is 0. The lowest BCUT2D eigenvalue weighted by molar-refractivity contribution is -0.126. The van der Waals surface area contributed by atoms with Crippen LogP contribution in [-0.4, -0.2) is 24.0 Å². The van der Waals surface area contributed by atoms with E-state index < -0.39 is 11.4 Å². The summed E-state index contributed by atoms with van der Waals surface area (Å²) in [5, 5.41) is 2.81. The summed E-state index contributed by atoms with van der Waals surface area (Å²) in [6.07, 6.45) is 1.47. The smallest absolute Gasteiger partial charge is 0.255 e. The molecule has 1 rings (SSSR count). The molecule has 0 saturated carbocycles. The largest absolute Gasteiger partial charge is 0.484 e. The van der Waals surface area contributed by atoms with Crippen molar-refractivity contribution < 1.29 is 14.3 Å². The van der Waals surface area contributed by atoms with E-state index in [1.807, 2.05) is 13.0 Å². The topological polar surface area (TPSA) is 107 Å². The predicted molar refractivity (Wildman–Crippen MR) is 80.5 cm³/mol. The van der Waals surface area contributed by atoms with Crippen molar-refractivity contribution in [2.24, 2.45) is 11.5 Å². The second-order valence-electron chi connectivity index (χ2n) is 5.25. The summed E-state index contributed by atoms with van der Waals surface area (Å²) in [6, 6.07) is 7.10. The molecule has 0 aliphatic rings. The van der Waals surface area contributed by atoms with Crippen molar-refractivity contribution >= 4 is 11.8 Å². The molecule has 1 atom stereocenters. The summed E-state index contributed by atoms with van der Waals surface area (Å²) in [6.45, 7) is 3.88. The van der Waals surface area contributed by atoms with Crippen molar-refractivity contribution in [3.05, 3.63) is 29.8 Å². The van der Waals surface area contributed by atoms with E-state index in [4.69, 9.17) is 16.2 Å². The molecular weight excluding hydrogens is 270 g/mol. The first-order valence-electron chi connectivity index (χ1n) is 6.92. The van der Waals surface area contributed by atoms with Gasteiger partial charge in [-0.1, -0.05) is 25.5 Å². The maximum Gasteiger partial charge on any atom is 0.255 e. The van der Waals surface area contributed by atoms with E-state index in [0.29, 0.717) is 18.7 Å². The molecule has 116 valence electrons. The summed E-state index contributed by atoms with van der Waals surface area (Å²) in [5.41, 5.74) is 11.0. The van der Waals surface area contributed by atoms with Crippen molar-refractivity contribution in [3.63, 3.8) is 0 Å². The van der Waals surface area contributed by atoms with Crippen LogP contribution in [0.25, 0.3) is 0 Å². The van der Waals surface area contributed by atoms with Gasteiger partial charge in [0.15, 0.2) is 6.61 Å². The molecule has 6 heteroatoms. The van der Waals surface area contributed by atoms with Crippen molar-refractivity contribution in [3.8, 4) is 5.75 Å². The van der Waals surface area contributed by atoms with Gasteiger partial charge < -0.3 is 21.5 Å². The van der Waals surface area contributed by atoms with E-state index in [1.54, 1.807) is 25.1 Å². The number of benzene rings is 1. The van der Waals surface area contributed by atoms with E-state index in [9.17, 15) is 9.59 Å². The zero-order valence-corrected chi connectivity index (χ0v) is 12.5. The van der Waals surface area contributed by atoms with Crippen molar-refractivity contribution in [1.82, 2.24) is 5.32 Å². The van der Waals surface area contributed by atoms with Crippen LogP contribution < -0.4 is 21.5 Å². The Morgan fingerprint density at radius 1 is 1.38 bits per heavy atom. The lowest BCUT2D eigenvalue weighted by Crippen LogP contribution is -2.51. The van der Waals surface area contributed by atoms with E-state index in [1.165, 1.54) is 0 Å². The number of nitrogens with one attached hydrogen (secondary N) is 1. The lowest BCUT2D eigenvalue weighted by Gasteiger charge is -2.22. The Labute approximate surface area is 124 Å². The Morgan fingerprint density at radius 3 is 2.71 bits per heavy atom. The number of amides is 2. The first kappa shape index (κ1) is 17.0. The van der Waals surface area contributed by atoms with Gasteiger partial charge in [0.2, 0.25) is 5.91 Å². The molecule has 2 amide bonds. The molecule has 0 aliphatic carbocycles. The third kappa shape index (κ3) is 5.83. The Bertz CT molecular complexity index is 501. The molecule has 0 spiro atoms. The van der Waals surface area contributed by atoms with Crippen LogP contribution >= 0.6 is 0 Å². The zero-order chi connectivity index (χ0) is 15.9. The van der Waals surface area contributed by atoms with Crippen LogP contribution in [0.3, 0.4) is 0 Å². The number of hydrogen-bond acceptors (Lipinski definition) is 4. The van der Waals surface area contributed by atoms with Crippen LogP contribution in [-0.2, 0) is 16.1 Å². The van der Waals surface area contributed by atoms with Crippen LogP contribution in [0.1, 0.15) is 32.3 Å². The van der Waals surface area contributed by atoms with Gasteiger partial charge in [0.1, 0.15) is 5.75 Å². The van der Waals surface area contributed by atoms with Crippen LogP contribution in [0.4, 0.5) is 0 Å². The van der Waals surface area contributed by atoms with Crippen molar-refractivity contribution in [2.45, 2.75) is 38.8 Å². The minimum atomic E-state index is -0.866. The maximum atomic E-state index is 12.0. The third-order valence-corrected chi connectivity index (χ3v) is 3.02. The Morgan fingerprint density at radius 2 is 2.10 bits per heavy atom. The SMILES string of the molecule is CCCC(C)(N)C(=O)NCc1cccc(OCC(N)=O)c1. The third-order valence-electron chi connectivity index (χ3n) is 3.02. The minimum absolute atomic E-state index is 0.173. The molecule has 0 radical (unpaired) electrons. The van der Waals surface area contributed by atoms with Gasteiger partial charge >= 0.3 is 0 Å². The molecule has 6 nitrogen and oxygen atoms in total. The molecular formula is C15H23N3O3. The van der Waals surface area contributed by atoms with Gasteiger partial charge in [-0.15, -0.1) is 0 Å². The average Bonchev–Trinajstić information content (AvgIpc) is 2.43. The van der Waals surface area contributed by atoms with E-state index in [-0.39, 0.29) is 12.5 Å². The van der Waals surface area contributed by atoms with E-state index >= 15 is 0 Å². The number of ether oxygens (including phenoxy) is 1. The first-order valence-corrected chi connectivity index (χ1v) is 6.92. The van der Waals surface area contributed by atoms with Crippen molar-refractivity contribution in [1.29, 1.82) is 0 Å². The molecule has 1 unspecified atom stereocenters. The van der Waals surface area contributed by atoms with Gasteiger partial charge in [0, 0.05) is 6.54 Å². The molecule has 0 aliphatic heterocycles. The Kier molecular flexibility index (Phi) is 6.17. The molecule has 0 saturated heterocycles. The van der Waals surface area contributed by atoms with Gasteiger partial charge in [-0.3, -0.25) is 9.59 Å². The highest BCUT2D eigenvalue weighted by Crippen LogP contribution is 2.14. The molecule has 0 fully saturated rings. The fourth-order valence-electron chi connectivity index (χ4n) is 1.92. The van der Waals surface area contributed by atoms with Gasteiger partial charge in [-0.05, 0) is 31.0 Å². The summed E-state index contributed by atoms with van der Waals surface area (Å²) in [7, 11) is 0. The molecule has 1 aromatic rings. The van der Waals surface area contributed by atoms with E-state index in [2.05, 4.69) is 5.32 Å². The highest BCUT2D eigenvalue weighted by molar-refractivity contribution is 5.85. The fraction of sp³-hybridized carbons (Fsp3) is 0.467. The molecule has 0 bridgehead atoms. The fourth-order valence-corrected chi connectivity index (χ4v) is 1.92. The van der Waals surface area contributed by atoms with Crippen LogP contribution in [0.15, 0.2) is 24.3 Å². The van der Waals surface area contributed by atoms with Crippen LogP contribution in [0.2, 0.25) is 0 Å². The molecule has 0 heterocycles. The van der Waals surface area contributed by atoms with E-state index in [0.717, 1.165) is 12.0 Å². The highest BCUT2D eigenvalue weighted by Gasteiger charge is 2.26. The quantitative estimate of drug-likeness (QED) is 0.655. The average molecular weight is 293 g/mol. The van der Waals surface area contributed by atoms with Gasteiger partial charge in [-0.2, -0.15) is 0 Å². The summed E-state index contributed by atoms with van der Waals surface area (Å²) in [5.74, 6) is -0.190.